The van der Waals surface area contributed by atoms with E-state index in [-0.39, 0.29) is 22.8 Å². The number of nitro benzene ring substituents is 1. The Hall–Kier alpha value is -2.88. The number of nitro groups is 1. The Morgan fingerprint density at radius 3 is 2.70 bits per heavy atom. The van der Waals surface area contributed by atoms with Crippen molar-refractivity contribution in [2.45, 2.75) is 12.7 Å². The number of aromatic nitrogens is 1. The maximum absolute atomic E-state index is 12.6. The van der Waals surface area contributed by atoms with E-state index in [2.05, 4.69) is 9.72 Å². The first kappa shape index (κ1) is 20.4. The monoisotopic (exact) mass is 403 g/mol. The SMILES string of the molecule is CN(Cc1cc([N+](=O)[O-])ccc1Cl)C(=O)c1cccnc1OCC(F)(F)F. The standard InChI is InChI=1S/C16H13ClF3N3O4/c1-22(8-10-7-11(23(25)26)4-5-13(10)17)15(24)12-3-2-6-21-14(12)27-9-16(18,19)20/h2-7H,8-9H2,1H3. The molecule has 7 nitrogen and oxygen atoms in total. The van der Waals surface area contributed by atoms with E-state index in [1.54, 1.807) is 0 Å². The van der Waals surface area contributed by atoms with Crippen LogP contribution in [-0.2, 0) is 6.54 Å². The predicted octanol–water partition coefficient (Wildman–Crippen LogP) is 3.86. The van der Waals surface area contributed by atoms with Gasteiger partial charge in [0.1, 0.15) is 5.56 Å². The molecule has 2 rings (SSSR count). The molecule has 1 aromatic heterocycles. The van der Waals surface area contributed by atoms with E-state index in [0.717, 1.165) is 4.90 Å². The topological polar surface area (TPSA) is 85.6 Å². The lowest BCUT2D eigenvalue weighted by molar-refractivity contribution is -0.384. The van der Waals surface area contributed by atoms with E-state index < -0.39 is 29.5 Å². The molecule has 0 aliphatic heterocycles. The van der Waals surface area contributed by atoms with E-state index in [9.17, 15) is 28.1 Å². The van der Waals surface area contributed by atoms with Crippen LogP contribution in [0.3, 0.4) is 0 Å². The van der Waals surface area contributed by atoms with Crippen molar-refractivity contribution in [3.05, 3.63) is 62.8 Å². The van der Waals surface area contributed by atoms with Crippen molar-refractivity contribution in [1.82, 2.24) is 9.88 Å². The van der Waals surface area contributed by atoms with Crippen LogP contribution < -0.4 is 4.74 Å². The quantitative estimate of drug-likeness (QED) is 0.540. The van der Waals surface area contributed by atoms with Gasteiger partial charge in [-0.25, -0.2) is 4.98 Å². The fraction of sp³-hybridized carbons (Fsp3) is 0.250. The smallest absolute Gasteiger partial charge is 0.422 e. The Kier molecular flexibility index (Phi) is 6.21. The third-order valence-electron chi connectivity index (χ3n) is 3.37. The largest absolute Gasteiger partial charge is 0.467 e. The summed E-state index contributed by atoms with van der Waals surface area (Å²) >= 11 is 6.00. The van der Waals surface area contributed by atoms with Crippen LogP contribution in [0.4, 0.5) is 18.9 Å². The molecule has 1 amide bonds. The molecule has 0 bridgehead atoms. The number of nitrogens with zero attached hydrogens (tertiary/aromatic N) is 3. The molecule has 144 valence electrons. The van der Waals surface area contributed by atoms with Gasteiger partial charge in [-0.15, -0.1) is 0 Å². The minimum absolute atomic E-state index is 0.104. The highest BCUT2D eigenvalue weighted by atomic mass is 35.5. The van der Waals surface area contributed by atoms with Crippen LogP contribution >= 0.6 is 11.6 Å². The number of halogens is 4. The molecule has 0 fully saturated rings. The zero-order chi connectivity index (χ0) is 20.2. The zero-order valence-corrected chi connectivity index (χ0v) is 14.6. The number of pyridine rings is 1. The Labute approximate surface area is 156 Å². The normalized spacial score (nSPS) is 11.1. The maximum atomic E-state index is 12.6. The molecule has 11 heteroatoms. The molecule has 1 heterocycles. The van der Waals surface area contributed by atoms with Crippen molar-refractivity contribution in [3.63, 3.8) is 0 Å². The molecule has 0 aliphatic rings. The molecule has 0 spiro atoms. The van der Waals surface area contributed by atoms with Crippen LogP contribution in [0.1, 0.15) is 15.9 Å². The number of alkyl halides is 3. The van der Waals surface area contributed by atoms with Gasteiger partial charge in [0.2, 0.25) is 5.88 Å². The molecule has 0 saturated heterocycles. The van der Waals surface area contributed by atoms with Crippen LogP contribution in [-0.4, -0.2) is 40.5 Å². The molecule has 0 radical (unpaired) electrons. The van der Waals surface area contributed by atoms with Gasteiger partial charge >= 0.3 is 6.18 Å². The molecular weight excluding hydrogens is 391 g/mol. The number of non-ortho nitro benzene ring substituents is 1. The highest BCUT2D eigenvalue weighted by Gasteiger charge is 2.30. The third kappa shape index (κ3) is 5.55. The lowest BCUT2D eigenvalue weighted by atomic mass is 10.1. The highest BCUT2D eigenvalue weighted by molar-refractivity contribution is 6.31. The van der Waals surface area contributed by atoms with Gasteiger partial charge in [-0.05, 0) is 23.8 Å². The molecule has 0 N–H and O–H groups in total. The lowest BCUT2D eigenvalue weighted by Crippen LogP contribution is -2.28. The summed E-state index contributed by atoms with van der Waals surface area (Å²) in [4.78, 5) is 27.6. The second-order valence-corrected chi connectivity index (χ2v) is 5.86. The Morgan fingerprint density at radius 2 is 2.07 bits per heavy atom. The number of rotatable bonds is 6. The summed E-state index contributed by atoms with van der Waals surface area (Å²) in [7, 11) is 1.37. The second-order valence-electron chi connectivity index (χ2n) is 5.45. The molecule has 27 heavy (non-hydrogen) atoms. The molecular formula is C16H13ClF3N3O4. The van der Waals surface area contributed by atoms with Crippen molar-refractivity contribution in [1.29, 1.82) is 0 Å². The number of hydrogen-bond donors (Lipinski definition) is 0. The lowest BCUT2D eigenvalue weighted by Gasteiger charge is -2.19. The molecule has 1 aromatic carbocycles. The number of carbonyl (C=O) groups is 1. The highest BCUT2D eigenvalue weighted by Crippen LogP contribution is 2.25. The Bertz CT molecular complexity index is 861. The number of carbonyl (C=O) groups excluding carboxylic acids is 1. The number of amides is 1. The number of benzene rings is 1. The van der Waals surface area contributed by atoms with Crippen molar-refractivity contribution in [2.75, 3.05) is 13.7 Å². The summed E-state index contributed by atoms with van der Waals surface area (Å²) in [6.07, 6.45) is -3.39. The summed E-state index contributed by atoms with van der Waals surface area (Å²) in [6.45, 7) is -1.70. The van der Waals surface area contributed by atoms with E-state index in [1.807, 2.05) is 0 Å². The van der Waals surface area contributed by atoms with Gasteiger partial charge in [-0.3, -0.25) is 14.9 Å². The van der Waals surface area contributed by atoms with E-state index in [0.29, 0.717) is 5.56 Å². The average Bonchev–Trinajstić information content (AvgIpc) is 2.60. The summed E-state index contributed by atoms with van der Waals surface area (Å²) in [5.74, 6) is -1.14. The van der Waals surface area contributed by atoms with Crippen molar-refractivity contribution >= 4 is 23.2 Å². The predicted molar refractivity (Wildman–Crippen MR) is 89.7 cm³/mol. The molecule has 0 atom stereocenters. The van der Waals surface area contributed by atoms with Crippen molar-refractivity contribution in [3.8, 4) is 5.88 Å². The maximum Gasteiger partial charge on any atom is 0.422 e. The third-order valence-corrected chi connectivity index (χ3v) is 3.74. The average molecular weight is 404 g/mol. The fourth-order valence-electron chi connectivity index (χ4n) is 2.15. The van der Waals surface area contributed by atoms with Gasteiger partial charge in [-0.1, -0.05) is 11.6 Å². The van der Waals surface area contributed by atoms with Gasteiger partial charge in [0.25, 0.3) is 11.6 Å². The summed E-state index contributed by atoms with van der Waals surface area (Å²) in [6, 6.07) is 6.41. The molecule has 0 unspecified atom stereocenters. The van der Waals surface area contributed by atoms with E-state index >= 15 is 0 Å². The molecule has 0 saturated carbocycles. The van der Waals surface area contributed by atoms with Crippen molar-refractivity contribution < 1.29 is 27.6 Å². The van der Waals surface area contributed by atoms with Gasteiger partial charge in [0.15, 0.2) is 6.61 Å². The minimum Gasteiger partial charge on any atom is -0.467 e. The molecule has 0 aliphatic carbocycles. The van der Waals surface area contributed by atoms with E-state index in [1.165, 1.54) is 43.6 Å². The zero-order valence-electron chi connectivity index (χ0n) is 13.9. The van der Waals surface area contributed by atoms with Gasteiger partial charge < -0.3 is 9.64 Å². The Morgan fingerprint density at radius 1 is 1.37 bits per heavy atom. The number of hydrogen-bond acceptors (Lipinski definition) is 5. The first-order valence-corrected chi connectivity index (χ1v) is 7.79. The number of ether oxygens (including phenoxy) is 1. The van der Waals surface area contributed by atoms with E-state index in [4.69, 9.17) is 11.6 Å². The summed E-state index contributed by atoms with van der Waals surface area (Å²) < 4.78 is 41.6. The fourth-order valence-corrected chi connectivity index (χ4v) is 2.32. The Balaban J connectivity index is 2.21. The van der Waals surface area contributed by atoms with Crippen molar-refractivity contribution in [2.24, 2.45) is 0 Å². The van der Waals surface area contributed by atoms with Crippen LogP contribution in [0.5, 0.6) is 5.88 Å². The van der Waals surface area contributed by atoms with Crippen LogP contribution in [0.15, 0.2) is 36.5 Å². The summed E-state index contributed by atoms with van der Waals surface area (Å²) in [5, 5.41) is 11.1. The van der Waals surface area contributed by atoms with Gasteiger partial charge in [0, 0.05) is 36.9 Å². The first-order valence-electron chi connectivity index (χ1n) is 7.41. The van der Waals surface area contributed by atoms with Gasteiger partial charge in [-0.2, -0.15) is 13.2 Å². The van der Waals surface area contributed by atoms with Crippen LogP contribution in [0, 0.1) is 10.1 Å². The van der Waals surface area contributed by atoms with Crippen LogP contribution in [0.2, 0.25) is 5.02 Å². The summed E-state index contributed by atoms with van der Waals surface area (Å²) in [5.41, 5.74) is -0.0694. The molecule has 2 aromatic rings. The first-order chi connectivity index (χ1) is 12.6. The minimum atomic E-state index is -4.58. The van der Waals surface area contributed by atoms with Gasteiger partial charge in [0.05, 0.1) is 4.92 Å². The van der Waals surface area contributed by atoms with Crippen LogP contribution in [0.25, 0.3) is 0 Å². The second kappa shape index (κ2) is 8.21.